The van der Waals surface area contributed by atoms with Crippen LogP contribution in [-0.2, 0) is 33.7 Å². The van der Waals surface area contributed by atoms with Crippen LogP contribution < -0.4 is 14.8 Å². The Morgan fingerprint density at radius 2 is 1.69 bits per heavy atom. The van der Waals surface area contributed by atoms with Crippen molar-refractivity contribution in [1.29, 1.82) is 0 Å². The predicted molar refractivity (Wildman–Crippen MR) is 151 cm³/mol. The molecule has 1 saturated heterocycles. The van der Waals surface area contributed by atoms with E-state index in [-0.39, 0.29) is 30.9 Å². The Bertz CT molecular complexity index is 1230. The summed E-state index contributed by atoms with van der Waals surface area (Å²) in [6.45, 7) is 1.39. The number of nitrogens with zero attached hydrogens (tertiary/aromatic N) is 1. The van der Waals surface area contributed by atoms with Crippen LogP contribution in [0.5, 0.6) is 11.5 Å². The van der Waals surface area contributed by atoms with Crippen molar-refractivity contribution in [3.8, 4) is 11.5 Å². The summed E-state index contributed by atoms with van der Waals surface area (Å²) in [7, 11) is 3.13. The first-order valence-corrected chi connectivity index (χ1v) is 13.5. The van der Waals surface area contributed by atoms with Crippen LogP contribution in [0.1, 0.15) is 29.5 Å². The Morgan fingerprint density at radius 1 is 0.974 bits per heavy atom. The van der Waals surface area contributed by atoms with E-state index in [4.69, 9.17) is 25.8 Å². The Morgan fingerprint density at radius 3 is 2.36 bits per heavy atom. The molecule has 1 fully saturated rings. The highest BCUT2D eigenvalue weighted by Gasteiger charge is 2.31. The van der Waals surface area contributed by atoms with Gasteiger partial charge in [-0.1, -0.05) is 60.1 Å². The van der Waals surface area contributed by atoms with Crippen LogP contribution in [0, 0.1) is 0 Å². The van der Waals surface area contributed by atoms with E-state index in [0.717, 1.165) is 29.5 Å². The molecule has 3 aromatic carbocycles. The van der Waals surface area contributed by atoms with E-state index in [1.165, 1.54) is 0 Å². The van der Waals surface area contributed by atoms with Crippen LogP contribution in [-0.4, -0.2) is 56.2 Å². The van der Waals surface area contributed by atoms with Gasteiger partial charge < -0.3 is 24.4 Å². The van der Waals surface area contributed by atoms with Gasteiger partial charge in [0.05, 0.1) is 26.7 Å². The van der Waals surface area contributed by atoms with Gasteiger partial charge in [0.15, 0.2) is 11.5 Å². The zero-order valence-electron chi connectivity index (χ0n) is 22.4. The van der Waals surface area contributed by atoms with Crippen molar-refractivity contribution >= 4 is 23.4 Å². The van der Waals surface area contributed by atoms with Gasteiger partial charge in [0.1, 0.15) is 6.04 Å². The Balaban J connectivity index is 1.63. The standard InChI is InChI=1S/C31H35ClN2O5/c1-37-28-15-12-24(18-29(28)38-2)19-30(35)34(21-23-10-13-25(32)14-11-23)27(17-22-7-4-3-5-8-22)31(36)33-20-26-9-6-16-39-26/h3-5,7-8,10-15,18,26-27H,6,9,16-17,19-21H2,1-2H3,(H,33,36). The number of hydrogen-bond acceptors (Lipinski definition) is 5. The minimum Gasteiger partial charge on any atom is -0.493 e. The van der Waals surface area contributed by atoms with Crippen LogP contribution in [0.2, 0.25) is 5.02 Å². The molecule has 3 aromatic rings. The number of hydrogen-bond donors (Lipinski definition) is 1. The number of methoxy groups -OCH3 is 2. The molecule has 0 saturated carbocycles. The number of amides is 2. The van der Waals surface area contributed by atoms with E-state index >= 15 is 0 Å². The maximum atomic E-state index is 14.0. The van der Waals surface area contributed by atoms with Crippen LogP contribution in [0.4, 0.5) is 0 Å². The molecule has 206 valence electrons. The third kappa shape index (κ3) is 7.97. The predicted octanol–water partition coefficient (Wildman–Crippen LogP) is 4.84. The lowest BCUT2D eigenvalue weighted by Crippen LogP contribution is -2.52. The fraction of sp³-hybridized carbons (Fsp3) is 0.355. The maximum Gasteiger partial charge on any atom is 0.243 e. The van der Waals surface area contributed by atoms with Crippen molar-refractivity contribution in [3.63, 3.8) is 0 Å². The summed E-state index contributed by atoms with van der Waals surface area (Å²) in [6.07, 6.45) is 2.37. The van der Waals surface area contributed by atoms with Crippen LogP contribution in [0.15, 0.2) is 72.8 Å². The van der Waals surface area contributed by atoms with Crippen LogP contribution in [0.25, 0.3) is 0 Å². The second-order valence-electron chi connectivity index (χ2n) is 9.60. The van der Waals surface area contributed by atoms with Gasteiger partial charge in [0.25, 0.3) is 0 Å². The van der Waals surface area contributed by atoms with Crippen LogP contribution in [0.3, 0.4) is 0 Å². The Hall–Kier alpha value is -3.55. The van der Waals surface area contributed by atoms with Gasteiger partial charge >= 0.3 is 0 Å². The van der Waals surface area contributed by atoms with E-state index in [1.54, 1.807) is 43.4 Å². The molecule has 0 bridgehead atoms. The summed E-state index contributed by atoms with van der Waals surface area (Å²) in [5, 5.41) is 3.67. The highest BCUT2D eigenvalue weighted by molar-refractivity contribution is 6.30. The van der Waals surface area contributed by atoms with E-state index in [9.17, 15) is 9.59 Å². The highest BCUT2D eigenvalue weighted by Crippen LogP contribution is 2.28. The molecule has 0 aromatic heterocycles. The minimum atomic E-state index is -0.725. The normalized spacial score (nSPS) is 15.4. The average Bonchev–Trinajstić information content (AvgIpc) is 3.49. The average molecular weight is 551 g/mol. The molecular formula is C31H35ClN2O5. The molecule has 1 heterocycles. The minimum absolute atomic E-state index is 0.00138. The van der Waals surface area contributed by atoms with E-state index in [0.29, 0.717) is 36.1 Å². The lowest BCUT2D eigenvalue weighted by molar-refractivity contribution is -0.141. The van der Waals surface area contributed by atoms with Gasteiger partial charge in [-0.25, -0.2) is 0 Å². The SMILES string of the molecule is COc1ccc(CC(=O)N(Cc2ccc(Cl)cc2)C(Cc2ccccc2)C(=O)NCC2CCCO2)cc1OC. The fourth-order valence-corrected chi connectivity index (χ4v) is 4.87. The molecule has 2 unspecified atom stereocenters. The van der Waals surface area contributed by atoms with E-state index < -0.39 is 6.04 Å². The van der Waals surface area contributed by atoms with Crippen LogP contribution >= 0.6 is 11.6 Å². The molecule has 2 amide bonds. The number of carbonyl (C=O) groups is 2. The molecule has 8 heteroatoms. The quantitative estimate of drug-likeness (QED) is 0.349. The van der Waals surface area contributed by atoms with Crippen molar-refractivity contribution in [2.45, 2.75) is 44.4 Å². The zero-order chi connectivity index (χ0) is 27.6. The van der Waals surface area contributed by atoms with Crippen molar-refractivity contribution in [3.05, 3.63) is 94.5 Å². The van der Waals surface area contributed by atoms with Gasteiger partial charge in [-0.15, -0.1) is 0 Å². The van der Waals surface area contributed by atoms with E-state index in [1.807, 2.05) is 48.5 Å². The smallest absolute Gasteiger partial charge is 0.243 e. The summed E-state index contributed by atoms with van der Waals surface area (Å²) in [6, 6.07) is 21.8. The van der Waals surface area contributed by atoms with E-state index in [2.05, 4.69) is 5.32 Å². The van der Waals surface area contributed by atoms with Crippen molar-refractivity contribution in [2.24, 2.45) is 0 Å². The molecule has 4 rings (SSSR count). The number of carbonyl (C=O) groups excluding carboxylic acids is 2. The van der Waals surface area contributed by atoms with Gasteiger partial charge in [-0.3, -0.25) is 9.59 Å². The van der Waals surface area contributed by atoms with Crippen molar-refractivity contribution < 1.29 is 23.8 Å². The monoisotopic (exact) mass is 550 g/mol. The molecule has 1 aliphatic heterocycles. The molecule has 0 spiro atoms. The summed E-state index contributed by atoms with van der Waals surface area (Å²) in [4.78, 5) is 29.3. The van der Waals surface area contributed by atoms with Crippen molar-refractivity contribution in [1.82, 2.24) is 10.2 Å². The zero-order valence-corrected chi connectivity index (χ0v) is 23.2. The molecule has 1 N–H and O–H groups in total. The summed E-state index contributed by atoms with van der Waals surface area (Å²) < 4.78 is 16.5. The number of rotatable bonds is 12. The second-order valence-corrected chi connectivity index (χ2v) is 10.0. The molecule has 2 atom stereocenters. The maximum absolute atomic E-state index is 14.0. The van der Waals surface area contributed by atoms with Gasteiger partial charge in [-0.05, 0) is 53.8 Å². The summed E-state index contributed by atoms with van der Waals surface area (Å²) in [5.74, 6) is 0.749. The molecular weight excluding hydrogens is 516 g/mol. The molecule has 0 aliphatic carbocycles. The third-order valence-electron chi connectivity index (χ3n) is 6.87. The summed E-state index contributed by atoms with van der Waals surface area (Å²) in [5.41, 5.74) is 2.61. The molecule has 0 radical (unpaired) electrons. The fourth-order valence-electron chi connectivity index (χ4n) is 4.74. The van der Waals surface area contributed by atoms with Crippen molar-refractivity contribution in [2.75, 3.05) is 27.4 Å². The van der Waals surface area contributed by atoms with Gasteiger partial charge in [-0.2, -0.15) is 0 Å². The topological polar surface area (TPSA) is 77.1 Å². The Kier molecular flexibility index (Phi) is 10.2. The third-order valence-corrected chi connectivity index (χ3v) is 7.12. The largest absolute Gasteiger partial charge is 0.493 e. The van der Waals surface area contributed by atoms with Gasteiger partial charge in [0.2, 0.25) is 11.8 Å². The Labute approximate surface area is 235 Å². The number of benzene rings is 3. The summed E-state index contributed by atoms with van der Waals surface area (Å²) >= 11 is 6.12. The first kappa shape index (κ1) is 28.5. The lowest BCUT2D eigenvalue weighted by Gasteiger charge is -2.32. The second kappa shape index (κ2) is 14.0. The molecule has 39 heavy (non-hydrogen) atoms. The molecule has 7 nitrogen and oxygen atoms in total. The number of halogens is 1. The first-order valence-electron chi connectivity index (χ1n) is 13.1. The number of ether oxygens (including phenoxy) is 3. The van der Waals surface area contributed by atoms with Gasteiger partial charge in [0, 0.05) is 31.1 Å². The number of nitrogens with one attached hydrogen (secondary N) is 1. The lowest BCUT2D eigenvalue weighted by atomic mass is 10.0. The highest BCUT2D eigenvalue weighted by atomic mass is 35.5. The first-order chi connectivity index (χ1) is 19.0. The molecule has 1 aliphatic rings.